The first-order valence-corrected chi connectivity index (χ1v) is 17.9. The summed E-state index contributed by atoms with van der Waals surface area (Å²) < 4.78 is 17.0. The first kappa shape index (κ1) is 27.7. The second-order valence-corrected chi connectivity index (χ2v) is 14.2. The molecule has 0 amide bonds. The number of hydrogen-bond acceptors (Lipinski definition) is 3. The molecule has 230 valence electrons. The standard InChI is InChI=1S/C44H32NO2P/c1-3-13-33-27-35(19-17-29(33)9-1)39-23-24-40(36-20-18-30-10-2-4-14-34(30)28-36)45(39)48-46-41-25-21-31-11-5-7-15-37(31)43(41)44-38-16-8-6-12-32(38)22-26-42(44)47-48/h1-22,25-28,39-40H,23-24H2/t39-,40-/m1/s1. The van der Waals surface area contributed by atoms with E-state index in [0.29, 0.717) is 0 Å². The highest BCUT2D eigenvalue weighted by atomic mass is 31.1. The molecule has 2 atom stereocenters. The molecule has 0 aliphatic carbocycles. The van der Waals surface area contributed by atoms with Gasteiger partial charge in [-0.1, -0.05) is 133 Å². The first-order chi connectivity index (χ1) is 23.8. The van der Waals surface area contributed by atoms with Crippen LogP contribution in [0.3, 0.4) is 0 Å². The lowest BCUT2D eigenvalue weighted by Crippen LogP contribution is -2.23. The van der Waals surface area contributed by atoms with Crippen molar-refractivity contribution in [2.24, 2.45) is 0 Å². The van der Waals surface area contributed by atoms with Crippen LogP contribution < -0.4 is 4.67 Å². The minimum atomic E-state index is -1.56. The van der Waals surface area contributed by atoms with Gasteiger partial charge in [-0.25, -0.2) is 0 Å². The Morgan fingerprint density at radius 1 is 0.417 bits per heavy atom. The number of rotatable bonds is 3. The smallest absolute Gasteiger partial charge is 0.310 e. The highest BCUT2D eigenvalue weighted by Crippen LogP contribution is 2.54. The average molecular weight is 638 g/mol. The van der Waals surface area contributed by atoms with Crippen molar-refractivity contribution >= 4 is 73.2 Å². The van der Waals surface area contributed by atoms with Crippen LogP contribution in [0.4, 0.5) is 0 Å². The minimum absolute atomic E-state index is 0.128. The van der Waals surface area contributed by atoms with E-state index in [9.17, 15) is 0 Å². The molecule has 0 N–H and O–H groups in total. The van der Waals surface area contributed by atoms with Gasteiger partial charge in [0.25, 0.3) is 0 Å². The molecule has 0 saturated carbocycles. The molecule has 0 radical (unpaired) electrons. The highest BCUT2D eigenvalue weighted by molar-refractivity contribution is 7.39. The third kappa shape index (κ3) is 4.47. The van der Waals surface area contributed by atoms with Gasteiger partial charge in [-0.2, -0.15) is 4.67 Å². The normalized spacial score (nSPS) is 16.9. The van der Waals surface area contributed by atoms with Crippen molar-refractivity contribution in [1.82, 2.24) is 0 Å². The maximum atomic E-state index is 7.23. The van der Waals surface area contributed by atoms with Crippen molar-refractivity contribution in [3.8, 4) is 0 Å². The van der Waals surface area contributed by atoms with Gasteiger partial charge in [-0.3, -0.25) is 0 Å². The van der Waals surface area contributed by atoms with Crippen molar-refractivity contribution in [1.29, 1.82) is 0 Å². The van der Waals surface area contributed by atoms with Gasteiger partial charge in [0.2, 0.25) is 0 Å². The van der Waals surface area contributed by atoms with Crippen LogP contribution in [0.5, 0.6) is 0 Å². The fraction of sp³-hybridized carbons (Fsp3) is 0.0909. The molecule has 2 heterocycles. The molecule has 1 fully saturated rings. The predicted octanol–water partition coefficient (Wildman–Crippen LogP) is 13.1. The third-order valence-electron chi connectivity index (χ3n) is 10.2. The van der Waals surface area contributed by atoms with E-state index < -0.39 is 8.16 Å². The van der Waals surface area contributed by atoms with E-state index in [4.69, 9.17) is 8.39 Å². The molecule has 48 heavy (non-hydrogen) atoms. The van der Waals surface area contributed by atoms with Crippen LogP contribution in [0.25, 0.3) is 65.0 Å². The second kappa shape index (κ2) is 11.1. The maximum Gasteiger partial charge on any atom is 0.310 e. The van der Waals surface area contributed by atoms with Crippen molar-refractivity contribution in [2.75, 3.05) is 4.67 Å². The molecule has 10 rings (SSSR count). The molecular weight excluding hydrogens is 605 g/mol. The van der Waals surface area contributed by atoms with Crippen molar-refractivity contribution in [3.05, 3.63) is 169 Å². The first-order valence-electron chi connectivity index (χ1n) is 16.7. The summed E-state index contributed by atoms with van der Waals surface area (Å²) in [7, 11) is -1.56. The van der Waals surface area contributed by atoms with Crippen LogP contribution in [-0.2, 0) is 0 Å². The number of benzene rings is 8. The van der Waals surface area contributed by atoms with Crippen LogP contribution in [0.2, 0.25) is 0 Å². The van der Waals surface area contributed by atoms with E-state index in [1.165, 1.54) is 54.2 Å². The Labute approximate surface area is 279 Å². The average Bonchev–Trinajstić information content (AvgIpc) is 3.51. The second-order valence-electron chi connectivity index (χ2n) is 12.9. The topological polar surface area (TPSA) is 29.5 Å². The number of fused-ring (bicyclic) bond motifs is 9. The third-order valence-corrected chi connectivity index (χ3v) is 11.9. The molecular formula is C44H32NO2P. The quantitative estimate of drug-likeness (QED) is 0.193. The van der Waals surface area contributed by atoms with Gasteiger partial charge in [-0.05, 0) is 91.3 Å². The maximum absolute atomic E-state index is 7.23. The molecule has 4 heteroatoms. The van der Waals surface area contributed by atoms with Gasteiger partial charge in [0.05, 0.1) is 0 Å². The fourth-order valence-electron chi connectivity index (χ4n) is 7.95. The zero-order valence-corrected chi connectivity index (χ0v) is 27.2. The van der Waals surface area contributed by atoms with Gasteiger partial charge >= 0.3 is 8.16 Å². The van der Waals surface area contributed by atoms with E-state index in [2.05, 4.69) is 162 Å². The zero-order chi connectivity index (χ0) is 31.6. The largest absolute Gasteiger partial charge is 0.408 e. The van der Waals surface area contributed by atoms with Gasteiger partial charge in [0.15, 0.2) is 0 Å². The summed E-state index contributed by atoms with van der Waals surface area (Å²) in [5.74, 6) is 0. The summed E-state index contributed by atoms with van der Waals surface area (Å²) in [6.45, 7) is 0. The fourth-order valence-corrected chi connectivity index (χ4v) is 9.77. The molecule has 3 nitrogen and oxygen atoms in total. The lowest BCUT2D eigenvalue weighted by molar-refractivity contribution is 0.594. The summed E-state index contributed by atoms with van der Waals surface area (Å²) >= 11 is 0. The molecule has 1 aromatic heterocycles. The van der Waals surface area contributed by atoms with E-state index >= 15 is 0 Å². The molecule has 8 aromatic carbocycles. The molecule has 1 aliphatic heterocycles. The van der Waals surface area contributed by atoms with Gasteiger partial charge < -0.3 is 8.39 Å². The van der Waals surface area contributed by atoms with Crippen LogP contribution in [-0.4, -0.2) is 0 Å². The summed E-state index contributed by atoms with van der Waals surface area (Å²) in [6.07, 6.45) is 2.02. The van der Waals surface area contributed by atoms with Crippen LogP contribution in [0.15, 0.2) is 166 Å². The summed E-state index contributed by atoms with van der Waals surface area (Å²) in [5, 5.41) is 12.0. The summed E-state index contributed by atoms with van der Waals surface area (Å²) in [4.78, 5) is 0. The van der Waals surface area contributed by atoms with Crippen LogP contribution in [0, 0.1) is 0 Å². The van der Waals surface area contributed by atoms with E-state index in [-0.39, 0.29) is 12.1 Å². The van der Waals surface area contributed by atoms with Gasteiger partial charge in [0.1, 0.15) is 11.2 Å². The molecule has 0 bridgehead atoms. The molecule has 0 spiro atoms. The van der Waals surface area contributed by atoms with Crippen molar-refractivity contribution < 1.29 is 8.39 Å². The summed E-state index contributed by atoms with van der Waals surface area (Å²) in [5.41, 5.74) is 4.34. The van der Waals surface area contributed by atoms with Gasteiger partial charge in [-0.15, -0.1) is 0 Å². The van der Waals surface area contributed by atoms with E-state index in [1.54, 1.807) is 0 Å². The monoisotopic (exact) mass is 637 g/mol. The lowest BCUT2D eigenvalue weighted by Gasteiger charge is -2.27. The highest BCUT2D eigenvalue weighted by Gasteiger charge is 2.40. The van der Waals surface area contributed by atoms with Crippen LogP contribution in [0.1, 0.15) is 36.1 Å². The lowest BCUT2D eigenvalue weighted by atomic mass is 9.99. The van der Waals surface area contributed by atoms with Crippen LogP contribution >= 0.6 is 8.16 Å². The zero-order valence-electron chi connectivity index (χ0n) is 26.3. The van der Waals surface area contributed by atoms with Gasteiger partial charge in [0, 0.05) is 22.9 Å². The predicted molar refractivity (Wildman–Crippen MR) is 202 cm³/mol. The Balaban J connectivity index is 1.27. The molecule has 1 aliphatic rings. The molecule has 1 saturated heterocycles. The summed E-state index contributed by atoms with van der Waals surface area (Å²) in [6, 6.07) is 57.3. The SMILES string of the molecule is c1ccc2cc([C@H]3CC[C@H](c4ccc5ccccc5c4)N3p3oc4ccc5ccccc5c4c4c(ccc5ccccc54)o3)ccc2c1. The van der Waals surface area contributed by atoms with E-state index in [1.807, 2.05) is 0 Å². The van der Waals surface area contributed by atoms with Crippen molar-refractivity contribution in [2.45, 2.75) is 24.9 Å². The van der Waals surface area contributed by atoms with E-state index in [0.717, 1.165) is 34.8 Å². The Morgan fingerprint density at radius 3 is 1.29 bits per heavy atom. The Bertz CT molecular complexity index is 2550. The number of hydrogen-bond donors (Lipinski definition) is 0. The molecule has 9 aromatic rings. The molecule has 0 unspecified atom stereocenters. The number of nitrogens with zero attached hydrogens (tertiary/aromatic N) is 1. The minimum Gasteiger partial charge on any atom is -0.408 e. The Hall–Kier alpha value is -5.34. The Kier molecular flexibility index (Phi) is 6.43. The Morgan fingerprint density at radius 2 is 0.812 bits per heavy atom. The van der Waals surface area contributed by atoms with Crippen molar-refractivity contribution in [3.63, 3.8) is 0 Å².